The highest BCUT2D eigenvalue weighted by molar-refractivity contribution is 5.94. The van der Waals surface area contributed by atoms with Crippen LogP contribution in [0.4, 0.5) is 0 Å². The minimum atomic E-state index is -0.201. The molecule has 1 saturated carbocycles. The maximum Gasteiger partial charge on any atom is 0.253 e. The molecular weight excluding hydrogens is 402 g/mol. The zero-order chi connectivity index (χ0) is 20.3. The zero-order valence-corrected chi connectivity index (χ0v) is 18.6. The van der Waals surface area contributed by atoms with Crippen molar-refractivity contribution in [3.8, 4) is 5.75 Å². The van der Waals surface area contributed by atoms with Gasteiger partial charge in [-0.25, -0.2) is 0 Å². The van der Waals surface area contributed by atoms with Crippen LogP contribution < -0.4 is 15.4 Å². The lowest BCUT2D eigenvalue weighted by molar-refractivity contribution is -0.135. The molecule has 2 N–H and O–H groups in total. The van der Waals surface area contributed by atoms with Gasteiger partial charge in [-0.05, 0) is 69.3 Å². The van der Waals surface area contributed by atoms with Gasteiger partial charge in [-0.2, -0.15) is 0 Å². The van der Waals surface area contributed by atoms with Crippen molar-refractivity contribution in [3.05, 3.63) is 29.8 Å². The number of amides is 2. The molecule has 2 atom stereocenters. The molecule has 2 amide bonds. The van der Waals surface area contributed by atoms with Crippen LogP contribution in [-0.2, 0) is 4.79 Å². The topological polar surface area (TPSA) is 70.7 Å². The number of likely N-dealkylation sites (tertiary alicyclic amines) is 1. The number of benzene rings is 1. The maximum absolute atomic E-state index is 13.1. The summed E-state index contributed by atoms with van der Waals surface area (Å²) < 4.78 is 5.45. The molecule has 166 valence electrons. The number of hydrogen-bond acceptors (Lipinski definition) is 4. The fraction of sp³-hybridized carbons (Fsp3) is 0.652. The number of carbonyl (C=O) groups is 2. The van der Waals surface area contributed by atoms with E-state index >= 15 is 0 Å². The quantitative estimate of drug-likeness (QED) is 0.745. The Labute approximate surface area is 185 Å². The Morgan fingerprint density at radius 2 is 1.90 bits per heavy atom. The summed E-state index contributed by atoms with van der Waals surface area (Å²) in [7, 11) is 0. The molecule has 3 aliphatic rings. The van der Waals surface area contributed by atoms with Gasteiger partial charge in [-0.15, -0.1) is 12.4 Å². The Kier molecular flexibility index (Phi) is 7.64. The summed E-state index contributed by atoms with van der Waals surface area (Å²) in [5.74, 6) is 1.57. The van der Waals surface area contributed by atoms with Gasteiger partial charge >= 0.3 is 0 Å². The Bertz CT molecular complexity index is 734. The fourth-order valence-electron chi connectivity index (χ4n) is 5.29. The molecule has 2 saturated heterocycles. The molecule has 0 radical (unpaired) electrons. The summed E-state index contributed by atoms with van der Waals surface area (Å²) >= 11 is 0. The van der Waals surface area contributed by atoms with E-state index in [4.69, 9.17) is 4.74 Å². The van der Waals surface area contributed by atoms with Crippen molar-refractivity contribution in [3.63, 3.8) is 0 Å². The second-order valence-corrected chi connectivity index (χ2v) is 8.73. The predicted octanol–water partition coefficient (Wildman–Crippen LogP) is 3.01. The average molecular weight is 436 g/mol. The molecular formula is C23H34ClN3O3. The highest BCUT2D eigenvalue weighted by atomic mass is 35.5. The number of nitrogens with zero attached hydrogens (tertiary/aromatic N) is 1. The van der Waals surface area contributed by atoms with Crippen molar-refractivity contribution in [2.24, 2.45) is 11.3 Å². The van der Waals surface area contributed by atoms with E-state index in [-0.39, 0.29) is 35.7 Å². The molecule has 2 aliphatic heterocycles. The first-order chi connectivity index (χ1) is 14.1. The average Bonchev–Trinajstić information content (AvgIpc) is 3.20. The van der Waals surface area contributed by atoms with E-state index in [0.29, 0.717) is 31.2 Å². The minimum absolute atomic E-state index is 0. The Balaban J connectivity index is 0.00000256. The summed E-state index contributed by atoms with van der Waals surface area (Å²) in [5.41, 5.74) is 0.491. The van der Waals surface area contributed by atoms with Gasteiger partial charge < -0.3 is 20.3 Å². The van der Waals surface area contributed by atoms with E-state index in [0.717, 1.165) is 50.9 Å². The number of hydrogen-bond donors (Lipinski definition) is 2. The number of piperidine rings is 1. The van der Waals surface area contributed by atoms with Crippen molar-refractivity contribution < 1.29 is 14.3 Å². The van der Waals surface area contributed by atoms with E-state index in [1.54, 1.807) is 0 Å². The minimum Gasteiger partial charge on any atom is -0.494 e. The fourth-order valence-corrected chi connectivity index (χ4v) is 5.29. The SMILES string of the molecule is CCOc1ccc(C(=O)N2CCC(NC(=O)[C@@]34CCCC[C@H]3CNC4)CC2)cc1.Cl. The molecule has 1 aliphatic carbocycles. The molecule has 30 heavy (non-hydrogen) atoms. The number of halogens is 1. The molecule has 0 bridgehead atoms. The van der Waals surface area contributed by atoms with Gasteiger partial charge in [0.05, 0.1) is 12.0 Å². The standard InChI is InChI=1S/C23H33N3O3.ClH/c1-2-29-20-8-6-17(7-9-20)21(27)26-13-10-19(11-14-26)25-22(28)23-12-4-3-5-18(23)15-24-16-23;/h6-9,18-19,24H,2-5,10-16H2,1H3,(H,25,28);1H/t18-,23+;/m0./s1. The largest absolute Gasteiger partial charge is 0.494 e. The lowest BCUT2D eigenvalue weighted by Gasteiger charge is -2.39. The summed E-state index contributed by atoms with van der Waals surface area (Å²) in [5, 5.41) is 6.79. The van der Waals surface area contributed by atoms with Gasteiger partial charge in [0.1, 0.15) is 5.75 Å². The summed E-state index contributed by atoms with van der Waals surface area (Å²) in [6.07, 6.45) is 6.21. The van der Waals surface area contributed by atoms with E-state index in [1.165, 1.54) is 6.42 Å². The number of carbonyl (C=O) groups excluding carboxylic acids is 2. The van der Waals surface area contributed by atoms with Crippen molar-refractivity contribution in [2.45, 2.75) is 51.5 Å². The smallest absolute Gasteiger partial charge is 0.253 e. The Morgan fingerprint density at radius 3 is 2.60 bits per heavy atom. The molecule has 0 spiro atoms. The van der Waals surface area contributed by atoms with E-state index in [9.17, 15) is 9.59 Å². The lowest BCUT2D eigenvalue weighted by Crippen LogP contribution is -2.53. The molecule has 3 fully saturated rings. The van der Waals surface area contributed by atoms with Crippen LogP contribution in [-0.4, -0.2) is 55.5 Å². The second-order valence-electron chi connectivity index (χ2n) is 8.73. The lowest BCUT2D eigenvalue weighted by atomic mass is 9.67. The van der Waals surface area contributed by atoms with Crippen LogP contribution in [0.2, 0.25) is 0 Å². The highest BCUT2D eigenvalue weighted by Gasteiger charge is 2.50. The summed E-state index contributed by atoms with van der Waals surface area (Å²) in [4.78, 5) is 27.8. The zero-order valence-electron chi connectivity index (χ0n) is 17.8. The van der Waals surface area contributed by atoms with Gasteiger partial charge in [-0.1, -0.05) is 12.8 Å². The first-order valence-electron chi connectivity index (χ1n) is 11.2. The van der Waals surface area contributed by atoms with E-state index in [1.807, 2.05) is 36.1 Å². The van der Waals surface area contributed by atoms with Crippen molar-refractivity contribution in [1.29, 1.82) is 0 Å². The first kappa shape index (κ1) is 22.9. The van der Waals surface area contributed by atoms with Crippen LogP contribution >= 0.6 is 12.4 Å². The number of ether oxygens (including phenoxy) is 1. The Morgan fingerprint density at radius 1 is 1.17 bits per heavy atom. The molecule has 7 heteroatoms. The van der Waals surface area contributed by atoms with E-state index in [2.05, 4.69) is 10.6 Å². The van der Waals surface area contributed by atoms with Crippen molar-refractivity contribution >= 4 is 24.2 Å². The molecule has 1 aromatic rings. The third-order valence-corrected chi connectivity index (χ3v) is 7.02. The van der Waals surface area contributed by atoms with Crippen LogP contribution in [0.1, 0.15) is 55.8 Å². The monoisotopic (exact) mass is 435 g/mol. The maximum atomic E-state index is 13.1. The second kappa shape index (κ2) is 10.0. The number of nitrogens with one attached hydrogen (secondary N) is 2. The van der Waals surface area contributed by atoms with Crippen molar-refractivity contribution in [1.82, 2.24) is 15.5 Å². The van der Waals surface area contributed by atoms with Crippen LogP contribution in [0.15, 0.2) is 24.3 Å². The number of rotatable bonds is 5. The van der Waals surface area contributed by atoms with Gasteiger partial charge in [-0.3, -0.25) is 9.59 Å². The van der Waals surface area contributed by atoms with Gasteiger partial charge in [0.25, 0.3) is 5.91 Å². The van der Waals surface area contributed by atoms with Gasteiger partial charge in [0.15, 0.2) is 0 Å². The summed E-state index contributed by atoms with van der Waals surface area (Å²) in [6, 6.07) is 7.52. The van der Waals surface area contributed by atoms with Gasteiger partial charge in [0, 0.05) is 31.2 Å². The third kappa shape index (κ3) is 4.59. The normalized spacial score (nSPS) is 26.4. The van der Waals surface area contributed by atoms with Crippen LogP contribution in [0.25, 0.3) is 0 Å². The predicted molar refractivity (Wildman–Crippen MR) is 119 cm³/mol. The van der Waals surface area contributed by atoms with Crippen LogP contribution in [0.5, 0.6) is 5.75 Å². The molecule has 6 nitrogen and oxygen atoms in total. The molecule has 2 heterocycles. The van der Waals surface area contributed by atoms with E-state index < -0.39 is 0 Å². The molecule has 0 aromatic heterocycles. The summed E-state index contributed by atoms with van der Waals surface area (Å²) in [6.45, 7) is 5.72. The molecule has 0 unspecified atom stereocenters. The van der Waals surface area contributed by atoms with Crippen molar-refractivity contribution in [2.75, 3.05) is 32.8 Å². The van der Waals surface area contributed by atoms with Gasteiger partial charge in [0.2, 0.25) is 5.91 Å². The van der Waals surface area contributed by atoms with Crippen LogP contribution in [0.3, 0.4) is 0 Å². The highest BCUT2D eigenvalue weighted by Crippen LogP contribution is 2.44. The molecule has 1 aromatic carbocycles. The Hall–Kier alpha value is -1.79. The first-order valence-corrected chi connectivity index (χ1v) is 11.2. The number of fused-ring (bicyclic) bond motifs is 1. The molecule has 4 rings (SSSR count). The third-order valence-electron chi connectivity index (χ3n) is 7.02. The van der Waals surface area contributed by atoms with Crippen LogP contribution in [0, 0.1) is 11.3 Å².